The van der Waals surface area contributed by atoms with E-state index in [9.17, 15) is 9.59 Å². The second kappa shape index (κ2) is 7.71. The number of hydrogen-bond donors (Lipinski definition) is 2. The van der Waals surface area contributed by atoms with Crippen LogP contribution in [0.25, 0.3) is 0 Å². The maximum atomic E-state index is 12.4. The highest BCUT2D eigenvalue weighted by Gasteiger charge is 2.59. The van der Waals surface area contributed by atoms with Crippen LogP contribution in [0.1, 0.15) is 43.9 Å². The summed E-state index contributed by atoms with van der Waals surface area (Å²) in [5.74, 6) is 0.0162. The highest BCUT2D eigenvalue weighted by molar-refractivity contribution is 7.80. The molecule has 0 bridgehead atoms. The number of H-pyrrole nitrogens is 1. The molecule has 1 aromatic rings. The van der Waals surface area contributed by atoms with Crippen LogP contribution in [0.2, 0.25) is 0 Å². The monoisotopic (exact) mass is 398 g/mol. The number of fused-ring (bicyclic) bond motifs is 1. The molecule has 0 aromatic carbocycles. The lowest BCUT2D eigenvalue weighted by Gasteiger charge is -2.34. The smallest absolute Gasteiger partial charge is 0.330 e. The summed E-state index contributed by atoms with van der Waals surface area (Å²) in [6, 6.07) is 0. The second-order valence-corrected chi connectivity index (χ2v) is 7.93. The Bertz CT molecular complexity index is 787. The normalized spacial score (nSPS) is 32.1. The standard InChI is InChI=1S/C18H26N2O6S/c1-11-9-20(17(22)19-15(11)21)16-14-13(12(24-16)10-23-7-8-27)25-18(26-14)5-3-2-4-6-18/h9,12-14,16,27H,2-8,10H2,1H3,(H,19,21,22)/t12-,13?,14+,16-/m1/s1. The van der Waals surface area contributed by atoms with Crippen molar-refractivity contribution in [2.45, 2.75) is 69.4 Å². The summed E-state index contributed by atoms with van der Waals surface area (Å²) in [5, 5.41) is 0. The number of ether oxygens (including phenoxy) is 4. The third-order valence-electron chi connectivity index (χ3n) is 5.54. The van der Waals surface area contributed by atoms with Crippen molar-refractivity contribution in [3.8, 4) is 0 Å². The molecule has 3 heterocycles. The third kappa shape index (κ3) is 3.63. The lowest BCUT2D eigenvalue weighted by Crippen LogP contribution is -2.39. The number of aryl methyl sites for hydroxylation is 1. The average molecular weight is 398 g/mol. The minimum Gasteiger partial charge on any atom is -0.378 e. The van der Waals surface area contributed by atoms with Crippen LogP contribution >= 0.6 is 12.6 Å². The Kier molecular flexibility index (Phi) is 5.48. The van der Waals surface area contributed by atoms with Gasteiger partial charge in [-0.2, -0.15) is 12.6 Å². The van der Waals surface area contributed by atoms with E-state index in [2.05, 4.69) is 17.6 Å². The summed E-state index contributed by atoms with van der Waals surface area (Å²) in [4.78, 5) is 26.5. The zero-order chi connectivity index (χ0) is 19.0. The van der Waals surface area contributed by atoms with Crippen molar-refractivity contribution in [1.82, 2.24) is 9.55 Å². The molecule has 4 atom stereocenters. The van der Waals surface area contributed by atoms with Crippen molar-refractivity contribution >= 4 is 12.6 Å². The lowest BCUT2D eigenvalue weighted by molar-refractivity contribution is -0.234. The maximum absolute atomic E-state index is 12.4. The summed E-state index contributed by atoms with van der Waals surface area (Å²) in [6.45, 7) is 2.51. The quantitative estimate of drug-likeness (QED) is 0.571. The Morgan fingerprint density at radius 1 is 1.26 bits per heavy atom. The van der Waals surface area contributed by atoms with Crippen LogP contribution in [-0.4, -0.2) is 52.6 Å². The van der Waals surface area contributed by atoms with Crippen LogP contribution in [-0.2, 0) is 18.9 Å². The first-order valence-corrected chi connectivity index (χ1v) is 10.2. The Balaban J connectivity index is 1.63. The number of rotatable bonds is 5. The molecule has 3 aliphatic rings. The van der Waals surface area contributed by atoms with Crippen molar-refractivity contribution in [3.05, 3.63) is 32.6 Å². The van der Waals surface area contributed by atoms with Gasteiger partial charge in [-0.1, -0.05) is 6.42 Å². The molecule has 1 aromatic heterocycles. The van der Waals surface area contributed by atoms with Crippen molar-refractivity contribution in [2.75, 3.05) is 19.0 Å². The van der Waals surface area contributed by atoms with E-state index in [-0.39, 0.29) is 12.2 Å². The summed E-state index contributed by atoms with van der Waals surface area (Å²) >= 11 is 4.16. The van der Waals surface area contributed by atoms with Crippen LogP contribution in [0, 0.1) is 6.92 Å². The van der Waals surface area contributed by atoms with Gasteiger partial charge in [-0.15, -0.1) is 0 Å². The van der Waals surface area contributed by atoms with Crippen molar-refractivity contribution in [1.29, 1.82) is 0 Å². The fourth-order valence-corrected chi connectivity index (χ4v) is 4.35. The Morgan fingerprint density at radius 2 is 2.00 bits per heavy atom. The molecule has 0 radical (unpaired) electrons. The third-order valence-corrected chi connectivity index (χ3v) is 5.72. The van der Waals surface area contributed by atoms with E-state index in [0.29, 0.717) is 24.5 Å². The molecule has 1 unspecified atom stereocenters. The van der Waals surface area contributed by atoms with Gasteiger partial charge in [0.1, 0.15) is 18.3 Å². The molecule has 9 heteroatoms. The van der Waals surface area contributed by atoms with E-state index < -0.39 is 29.4 Å². The van der Waals surface area contributed by atoms with Crippen LogP contribution < -0.4 is 11.2 Å². The van der Waals surface area contributed by atoms with Gasteiger partial charge in [-0.3, -0.25) is 14.3 Å². The van der Waals surface area contributed by atoms with Crippen LogP contribution in [0.3, 0.4) is 0 Å². The molecule has 27 heavy (non-hydrogen) atoms. The van der Waals surface area contributed by atoms with E-state index in [1.54, 1.807) is 6.92 Å². The lowest BCUT2D eigenvalue weighted by atomic mass is 9.94. The number of aromatic amines is 1. The summed E-state index contributed by atoms with van der Waals surface area (Å²) in [7, 11) is 0. The fourth-order valence-electron chi connectivity index (χ4n) is 4.22. The molecular formula is C18H26N2O6S. The second-order valence-electron chi connectivity index (χ2n) is 7.48. The average Bonchev–Trinajstić information content (AvgIpc) is 3.15. The van der Waals surface area contributed by atoms with Crippen LogP contribution in [0.5, 0.6) is 0 Å². The minimum atomic E-state index is -0.663. The van der Waals surface area contributed by atoms with E-state index in [0.717, 1.165) is 25.7 Å². The molecule has 0 amide bonds. The Morgan fingerprint density at radius 3 is 2.74 bits per heavy atom. The van der Waals surface area contributed by atoms with Gasteiger partial charge in [0.25, 0.3) is 5.56 Å². The van der Waals surface area contributed by atoms with Gasteiger partial charge in [0, 0.05) is 30.4 Å². The fraction of sp³-hybridized carbons (Fsp3) is 0.778. The van der Waals surface area contributed by atoms with E-state index in [1.165, 1.54) is 17.2 Å². The molecule has 8 nitrogen and oxygen atoms in total. The number of aromatic nitrogens is 2. The molecule has 1 N–H and O–H groups in total. The van der Waals surface area contributed by atoms with E-state index in [4.69, 9.17) is 18.9 Å². The number of hydrogen-bond acceptors (Lipinski definition) is 7. The highest BCUT2D eigenvalue weighted by Crippen LogP contribution is 2.48. The van der Waals surface area contributed by atoms with E-state index >= 15 is 0 Å². The predicted octanol–water partition coefficient (Wildman–Crippen LogP) is 1.13. The first-order valence-electron chi connectivity index (χ1n) is 9.55. The zero-order valence-corrected chi connectivity index (χ0v) is 16.3. The minimum absolute atomic E-state index is 0.313. The molecule has 1 spiro atoms. The van der Waals surface area contributed by atoms with Crippen molar-refractivity contribution < 1.29 is 18.9 Å². The van der Waals surface area contributed by atoms with Gasteiger partial charge in [0.2, 0.25) is 0 Å². The largest absolute Gasteiger partial charge is 0.378 e. The number of nitrogens with one attached hydrogen (secondary N) is 1. The molecule has 4 rings (SSSR count). The number of nitrogens with zero attached hydrogens (tertiary/aromatic N) is 1. The molecule has 2 aliphatic heterocycles. The molecule has 1 aliphatic carbocycles. The van der Waals surface area contributed by atoms with Crippen molar-refractivity contribution in [2.24, 2.45) is 0 Å². The van der Waals surface area contributed by atoms with E-state index in [1.807, 2.05) is 0 Å². The topological polar surface area (TPSA) is 91.8 Å². The first kappa shape index (κ1) is 19.2. The highest BCUT2D eigenvalue weighted by atomic mass is 32.1. The van der Waals surface area contributed by atoms with Crippen LogP contribution in [0.4, 0.5) is 0 Å². The zero-order valence-electron chi connectivity index (χ0n) is 15.4. The first-order chi connectivity index (χ1) is 13.0. The molecule has 1 saturated carbocycles. The van der Waals surface area contributed by atoms with Gasteiger partial charge in [-0.05, 0) is 19.8 Å². The summed E-state index contributed by atoms with van der Waals surface area (Å²) < 4.78 is 25.9. The number of thiol groups is 1. The van der Waals surface area contributed by atoms with Crippen molar-refractivity contribution in [3.63, 3.8) is 0 Å². The SMILES string of the molecule is Cc1cn([C@@H]2O[C@H](COCCS)C3OC4(CCCCC4)O[C@@H]32)c(=O)[nH]c1=O. The maximum Gasteiger partial charge on any atom is 0.330 e. The van der Waals surface area contributed by atoms with Gasteiger partial charge < -0.3 is 18.9 Å². The molecule has 2 saturated heterocycles. The molecule has 3 fully saturated rings. The van der Waals surface area contributed by atoms with Gasteiger partial charge in [0.05, 0.1) is 13.2 Å². The Labute approximate surface area is 162 Å². The molecule has 150 valence electrons. The summed E-state index contributed by atoms with van der Waals surface area (Å²) in [5.41, 5.74) is -0.470. The summed E-state index contributed by atoms with van der Waals surface area (Å²) in [6.07, 6.45) is 4.76. The predicted molar refractivity (Wildman–Crippen MR) is 100 cm³/mol. The molecular weight excluding hydrogens is 372 g/mol. The van der Waals surface area contributed by atoms with Gasteiger partial charge in [-0.25, -0.2) is 4.79 Å². The van der Waals surface area contributed by atoms with Crippen LogP contribution in [0.15, 0.2) is 15.8 Å². The Hall–Kier alpha value is -1.13. The van der Waals surface area contributed by atoms with Gasteiger partial charge in [0.15, 0.2) is 12.0 Å². The van der Waals surface area contributed by atoms with Gasteiger partial charge >= 0.3 is 5.69 Å².